The van der Waals surface area contributed by atoms with Gasteiger partial charge in [-0.25, -0.2) is 8.91 Å². The lowest BCUT2D eigenvalue weighted by Gasteiger charge is -2.12. The van der Waals surface area contributed by atoms with Crippen LogP contribution in [0.5, 0.6) is 11.5 Å². The lowest BCUT2D eigenvalue weighted by Crippen LogP contribution is -2.19. The van der Waals surface area contributed by atoms with Crippen LogP contribution in [0.1, 0.15) is 21.9 Å². The number of aryl methyl sites for hydroxylation is 1. The van der Waals surface area contributed by atoms with Gasteiger partial charge in [0.05, 0.1) is 43.5 Å². The first-order chi connectivity index (χ1) is 16.0. The molecule has 1 N–H and O–H groups in total. The SMILES string of the molecule is COCc1nn2c(C)c(C(=O)Nc3cc(OC)ccc3OC)nnc2c1-c1ccc(F)cc1. The maximum Gasteiger partial charge on any atom is 0.278 e. The van der Waals surface area contributed by atoms with Crippen LogP contribution in [0.25, 0.3) is 16.8 Å². The number of hydrogen-bond donors (Lipinski definition) is 1. The fourth-order valence-corrected chi connectivity index (χ4v) is 3.50. The van der Waals surface area contributed by atoms with Gasteiger partial charge in [0.1, 0.15) is 17.3 Å². The molecule has 0 saturated carbocycles. The van der Waals surface area contributed by atoms with Gasteiger partial charge in [0.15, 0.2) is 11.3 Å². The van der Waals surface area contributed by atoms with Gasteiger partial charge in [0.2, 0.25) is 0 Å². The second-order valence-electron chi connectivity index (χ2n) is 7.15. The number of nitrogens with zero attached hydrogens (tertiary/aromatic N) is 4. The third kappa shape index (κ3) is 4.20. The Morgan fingerprint density at radius 2 is 1.82 bits per heavy atom. The Labute approximate surface area is 189 Å². The molecule has 0 atom stereocenters. The summed E-state index contributed by atoms with van der Waals surface area (Å²) in [6.07, 6.45) is 0. The van der Waals surface area contributed by atoms with Crippen molar-refractivity contribution in [2.45, 2.75) is 13.5 Å². The predicted octanol–water partition coefficient (Wildman–Crippen LogP) is 3.65. The summed E-state index contributed by atoms with van der Waals surface area (Å²) in [5.41, 5.74) is 3.39. The Morgan fingerprint density at radius 3 is 2.48 bits per heavy atom. The molecule has 0 fully saturated rings. The van der Waals surface area contributed by atoms with Gasteiger partial charge < -0.3 is 19.5 Å². The fourth-order valence-electron chi connectivity index (χ4n) is 3.50. The molecule has 2 aromatic carbocycles. The summed E-state index contributed by atoms with van der Waals surface area (Å²) in [6.45, 7) is 1.93. The average molecular weight is 451 g/mol. The number of anilines is 1. The number of benzene rings is 2. The number of ether oxygens (including phenoxy) is 3. The molecule has 4 aromatic rings. The zero-order chi connectivity index (χ0) is 23.5. The standard InChI is InChI=1S/C23H22FN5O4/c1-13-21(23(30)25-17-11-16(32-3)9-10-19(17)33-4)26-27-22-20(14-5-7-15(24)8-6-14)18(12-31-2)28-29(13)22/h5-11H,12H2,1-4H3,(H,25,30). The van der Waals surface area contributed by atoms with Crippen molar-refractivity contribution in [1.29, 1.82) is 0 Å². The molecular formula is C23H22FN5O4. The summed E-state index contributed by atoms with van der Waals surface area (Å²) in [4.78, 5) is 13.1. The monoisotopic (exact) mass is 451 g/mol. The van der Waals surface area contributed by atoms with Crippen molar-refractivity contribution in [2.24, 2.45) is 0 Å². The molecule has 0 spiro atoms. The Bertz CT molecular complexity index is 1320. The number of methoxy groups -OCH3 is 3. The smallest absolute Gasteiger partial charge is 0.278 e. The molecule has 0 radical (unpaired) electrons. The van der Waals surface area contributed by atoms with Gasteiger partial charge in [-0.05, 0) is 36.8 Å². The maximum absolute atomic E-state index is 13.4. The summed E-state index contributed by atoms with van der Waals surface area (Å²) in [7, 11) is 4.59. The Balaban J connectivity index is 1.77. The van der Waals surface area contributed by atoms with E-state index in [9.17, 15) is 9.18 Å². The molecule has 0 aliphatic heterocycles. The van der Waals surface area contributed by atoms with Crippen molar-refractivity contribution >= 4 is 17.2 Å². The lowest BCUT2D eigenvalue weighted by atomic mass is 10.1. The number of carbonyl (C=O) groups is 1. The highest BCUT2D eigenvalue weighted by Crippen LogP contribution is 2.31. The summed E-state index contributed by atoms with van der Waals surface area (Å²) in [6, 6.07) is 11.1. The first kappa shape index (κ1) is 22.2. The Kier molecular flexibility index (Phi) is 6.18. The summed E-state index contributed by atoms with van der Waals surface area (Å²) < 4.78 is 30.8. The van der Waals surface area contributed by atoms with Crippen LogP contribution in [0.4, 0.5) is 10.1 Å². The van der Waals surface area contributed by atoms with Gasteiger partial charge >= 0.3 is 0 Å². The lowest BCUT2D eigenvalue weighted by molar-refractivity contribution is 0.101. The minimum absolute atomic E-state index is 0.0875. The first-order valence-electron chi connectivity index (χ1n) is 10.00. The second-order valence-corrected chi connectivity index (χ2v) is 7.15. The highest BCUT2D eigenvalue weighted by molar-refractivity contribution is 6.04. The molecular weight excluding hydrogens is 429 g/mol. The summed E-state index contributed by atoms with van der Waals surface area (Å²) >= 11 is 0. The van der Waals surface area contributed by atoms with Crippen LogP contribution in [0.15, 0.2) is 42.5 Å². The molecule has 0 unspecified atom stereocenters. The molecule has 33 heavy (non-hydrogen) atoms. The van der Waals surface area contributed by atoms with E-state index < -0.39 is 5.91 Å². The molecule has 2 aromatic heterocycles. The second kappa shape index (κ2) is 9.21. The number of rotatable bonds is 7. The zero-order valence-electron chi connectivity index (χ0n) is 18.5. The van der Waals surface area contributed by atoms with Crippen molar-refractivity contribution in [3.05, 3.63) is 65.4 Å². The minimum Gasteiger partial charge on any atom is -0.497 e. The molecule has 170 valence electrons. The van der Waals surface area contributed by atoms with E-state index in [1.54, 1.807) is 44.4 Å². The Hall–Kier alpha value is -4.05. The molecule has 0 bridgehead atoms. The van der Waals surface area contributed by atoms with Crippen molar-refractivity contribution in [2.75, 3.05) is 26.6 Å². The van der Waals surface area contributed by atoms with Gasteiger partial charge in [-0.1, -0.05) is 12.1 Å². The fraction of sp³-hybridized carbons (Fsp3) is 0.217. The van der Waals surface area contributed by atoms with Crippen molar-refractivity contribution in [1.82, 2.24) is 19.8 Å². The topological polar surface area (TPSA) is 99.9 Å². The molecule has 10 heteroatoms. The summed E-state index contributed by atoms with van der Waals surface area (Å²) in [5, 5.41) is 15.8. The number of fused-ring (bicyclic) bond motifs is 1. The summed E-state index contributed by atoms with van der Waals surface area (Å²) in [5.74, 6) is 0.193. The maximum atomic E-state index is 13.4. The number of hydrogen-bond acceptors (Lipinski definition) is 7. The van der Waals surface area contributed by atoms with E-state index in [1.165, 1.54) is 30.9 Å². The van der Waals surface area contributed by atoms with Crippen LogP contribution in [-0.2, 0) is 11.3 Å². The molecule has 1 amide bonds. The van der Waals surface area contributed by atoms with Crippen molar-refractivity contribution in [3.63, 3.8) is 0 Å². The number of carbonyl (C=O) groups excluding carboxylic acids is 1. The Morgan fingerprint density at radius 1 is 1.06 bits per heavy atom. The zero-order valence-corrected chi connectivity index (χ0v) is 18.5. The van der Waals surface area contributed by atoms with Crippen molar-refractivity contribution in [3.8, 4) is 22.6 Å². The van der Waals surface area contributed by atoms with Crippen LogP contribution in [0.3, 0.4) is 0 Å². The number of amides is 1. The number of nitrogens with one attached hydrogen (secondary N) is 1. The quantitative estimate of drug-likeness (QED) is 0.458. The average Bonchev–Trinajstić information content (AvgIpc) is 3.19. The van der Waals surface area contributed by atoms with Gasteiger partial charge in [0.25, 0.3) is 5.91 Å². The highest BCUT2D eigenvalue weighted by atomic mass is 19.1. The van der Waals surface area contributed by atoms with Gasteiger partial charge in [0, 0.05) is 13.2 Å². The van der Waals surface area contributed by atoms with E-state index in [4.69, 9.17) is 14.2 Å². The third-order valence-corrected chi connectivity index (χ3v) is 5.12. The van der Waals surface area contributed by atoms with Crippen molar-refractivity contribution < 1.29 is 23.4 Å². The van der Waals surface area contributed by atoms with Crippen LogP contribution in [0, 0.1) is 12.7 Å². The molecule has 0 aliphatic rings. The van der Waals surface area contributed by atoms with Crippen LogP contribution < -0.4 is 14.8 Å². The van der Waals surface area contributed by atoms with Gasteiger partial charge in [-0.2, -0.15) is 5.10 Å². The molecule has 9 nitrogen and oxygen atoms in total. The van der Waals surface area contributed by atoms with E-state index in [1.807, 2.05) is 0 Å². The molecule has 2 heterocycles. The van der Waals surface area contributed by atoms with Gasteiger partial charge in [-0.3, -0.25) is 4.79 Å². The van der Waals surface area contributed by atoms with Crippen LogP contribution >= 0.6 is 0 Å². The first-order valence-corrected chi connectivity index (χ1v) is 10.00. The van der Waals surface area contributed by atoms with Crippen LogP contribution in [-0.4, -0.2) is 47.0 Å². The predicted molar refractivity (Wildman–Crippen MR) is 119 cm³/mol. The van der Waals surface area contributed by atoms with E-state index in [0.717, 1.165) is 0 Å². The van der Waals surface area contributed by atoms with E-state index in [-0.39, 0.29) is 18.1 Å². The van der Waals surface area contributed by atoms with Gasteiger partial charge in [-0.15, -0.1) is 10.2 Å². The number of aromatic nitrogens is 4. The molecule has 4 rings (SSSR count). The highest BCUT2D eigenvalue weighted by Gasteiger charge is 2.22. The normalized spacial score (nSPS) is 10.9. The largest absolute Gasteiger partial charge is 0.497 e. The van der Waals surface area contributed by atoms with Crippen LogP contribution in [0.2, 0.25) is 0 Å². The minimum atomic E-state index is -0.486. The van der Waals surface area contributed by atoms with E-state index in [2.05, 4.69) is 20.6 Å². The van der Waals surface area contributed by atoms with E-state index >= 15 is 0 Å². The third-order valence-electron chi connectivity index (χ3n) is 5.12. The van der Waals surface area contributed by atoms with E-state index in [0.29, 0.717) is 45.3 Å². The number of halogens is 1. The molecule has 0 aliphatic carbocycles. The molecule has 0 saturated heterocycles.